The van der Waals surface area contributed by atoms with Crippen LogP contribution in [0.25, 0.3) is 0 Å². The first-order chi connectivity index (χ1) is 13.5. The van der Waals surface area contributed by atoms with Crippen LogP contribution in [0.4, 0.5) is 5.69 Å². The minimum absolute atomic E-state index is 0.460. The van der Waals surface area contributed by atoms with Crippen LogP contribution in [0.2, 0.25) is 5.02 Å². The maximum Gasteiger partial charge on any atom is 0.175 e. The number of ether oxygens (including phenoxy) is 2. The van der Waals surface area contributed by atoms with Crippen molar-refractivity contribution in [1.82, 2.24) is 0 Å². The summed E-state index contributed by atoms with van der Waals surface area (Å²) in [6.07, 6.45) is 0. The van der Waals surface area contributed by atoms with Crippen LogP contribution >= 0.6 is 43.5 Å². The van der Waals surface area contributed by atoms with Crippen LogP contribution in [0.5, 0.6) is 11.5 Å². The van der Waals surface area contributed by atoms with Gasteiger partial charge < -0.3 is 14.8 Å². The number of rotatable bonds is 7. The summed E-state index contributed by atoms with van der Waals surface area (Å²) in [5, 5.41) is 4.13. The number of benzene rings is 3. The molecule has 28 heavy (non-hydrogen) atoms. The van der Waals surface area contributed by atoms with Crippen LogP contribution in [0.3, 0.4) is 0 Å². The summed E-state index contributed by atoms with van der Waals surface area (Å²) in [5.74, 6) is 1.37. The topological polar surface area (TPSA) is 30.5 Å². The van der Waals surface area contributed by atoms with Crippen molar-refractivity contribution in [2.45, 2.75) is 20.1 Å². The molecule has 3 aromatic carbocycles. The first-order valence-electron chi connectivity index (χ1n) is 8.70. The third-order valence-electron chi connectivity index (χ3n) is 4.25. The highest BCUT2D eigenvalue weighted by Gasteiger charge is 2.12. The third-order valence-corrected chi connectivity index (χ3v) is 5.78. The minimum atomic E-state index is 0.460. The molecule has 0 saturated carbocycles. The zero-order valence-corrected chi connectivity index (χ0v) is 19.5. The van der Waals surface area contributed by atoms with Crippen molar-refractivity contribution in [3.63, 3.8) is 0 Å². The predicted molar refractivity (Wildman–Crippen MR) is 123 cm³/mol. The molecule has 0 aromatic heterocycles. The largest absolute Gasteiger partial charge is 0.493 e. The maximum atomic E-state index is 6.20. The van der Waals surface area contributed by atoms with Gasteiger partial charge in [0.05, 0.1) is 11.6 Å². The van der Waals surface area contributed by atoms with Crippen molar-refractivity contribution in [3.05, 3.63) is 85.3 Å². The highest BCUT2D eigenvalue weighted by atomic mass is 79.9. The Morgan fingerprint density at radius 3 is 2.39 bits per heavy atom. The van der Waals surface area contributed by atoms with Gasteiger partial charge in [0.15, 0.2) is 11.5 Å². The molecule has 146 valence electrons. The van der Waals surface area contributed by atoms with Crippen molar-refractivity contribution in [2.24, 2.45) is 0 Å². The lowest BCUT2D eigenvalue weighted by Gasteiger charge is -2.15. The predicted octanol–water partition coefficient (Wildman–Crippen LogP) is 7.37. The van der Waals surface area contributed by atoms with E-state index < -0.39 is 0 Å². The molecule has 3 rings (SSSR count). The lowest BCUT2D eigenvalue weighted by atomic mass is 10.1. The zero-order chi connectivity index (χ0) is 20.1. The van der Waals surface area contributed by atoms with Crippen molar-refractivity contribution in [1.29, 1.82) is 0 Å². The molecule has 3 aromatic rings. The summed E-state index contributed by atoms with van der Waals surface area (Å²) in [4.78, 5) is 0. The molecular weight excluding hydrogens is 506 g/mol. The molecule has 0 aliphatic heterocycles. The lowest BCUT2D eigenvalue weighted by Crippen LogP contribution is -2.03. The minimum Gasteiger partial charge on any atom is -0.493 e. The van der Waals surface area contributed by atoms with Gasteiger partial charge in [0.1, 0.15) is 6.61 Å². The molecule has 0 aliphatic rings. The van der Waals surface area contributed by atoms with Crippen LogP contribution in [-0.4, -0.2) is 7.11 Å². The van der Waals surface area contributed by atoms with Gasteiger partial charge in [0.2, 0.25) is 0 Å². The van der Waals surface area contributed by atoms with Crippen molar-refractivity contribution in [2.75, 3.05) is 12.4 Å². The maximum absolute atomic E-state index is 6.20. The Labute approximate surface area is 187 Å². The Bertz CT molecular complexity index is 961. The zero-order valence-electron chi connectivity index (χ0n) is 15.6. The first kappa shape index (κ1) is 21.0. The summed E-state index contributed by atoms with van der Waals surface area (Å²) in [5.41, 5.74) is 4.18. The van der Waals surface area contributed by atoms with E-state index in [-0.39, 0.29) is 0 Å². The Balaban J connectivity index is 1.71. The molecule has 6 heteroatoms. The van der Waals surface area contributed by atoms with Gasteiger partial charge in [-0.2, -0.15) is 0 Å². The Morgan fingerprint density at radius 2 is 1.71 bits per heavy atom. The summed E-state index contributed by atoms with van der Waals surface area (Å²) < 4.78 is 13.4. The summed E-state index contributed by atoms with van der Waals surface area (Å²) in [6, 6.07) is 18.0. The SMILES string of the molecule is COc1cc(CNc2ccc(C)c(Cl)c2)cc(Br)c1OCc1ccc(Br)cc1. The smallest absolute Gasteiger partial charge is 0.175 e. The number of anilines is 1. The molecule has 0 heterocycles. The van der Waals surface area contributed by atoms with Gasteiger partial charge in [-0.25, -0.2) is 0 Å². The summed E-state index contributed by atoms with van der Waals surface area (Å²) in [7, 11) is 1.64. The number of nitrogens with one attached hydrogen (secondary N) is 1. The van der Waals surface area contributed by atoms with Gasteiger partial charge in [-0.3, -0.25) is 0 Å². The van der Waals surface area contributed by atoms with E-state index in [9.17, 15) is 0 Å². The van der Waals surface area contributed by atoms with Crippen LogP contribution in [-0.2, 0) is 13.2 Å². The van der Waals surface area contributed by atoms with Crippen LogP contribution in [0.1, 0.15) is 16.7 Å². The number of aryl methyl sites for hydroxylation is 1. The monoisotopic (exact) mass is 523 g/mol. The number of hydrogen-bond acceptors (Lipinski definition) is 3. The molecule has 0 bridgehead atoms. The van der Waals surface area contributed by atoms with Gasteiger partial charge in [0, 0.05) is 21.7 Å². The second-order valence-electron chi connectivity index (χ2n) is 6.34. The van der Waals surface area contributed by atoms with Gasteiger partial charge in [-0.05, 0) is 75.9 Å². The van der Waals surface area contributed by atoms with Gasteiger partial charge in [-0.15, -0.1) is 0 Å². The second kappa shape index (κ2) is 9.68. The number of hydrogen-bond donors (Lipinski definition) is 1. The summed E-state index contributed by atoms with van der Waals surface area (Å²) >= 11 is 13.2. The van der Waals surface area contributed by atoms with Crippen LogP contribution < -0.4 is 14.8 Å². The van der Waals surface area contributed by atoms with Crippen molar-refractivity contribution < 1.29 is 9.47 Å². The Hall–Kier alpha value is -1.69. The van der Waals surface area contributed by atoms with Gasteiger partial charge >= 0.3 is 0 Å². The van der Waals surface area contributed by atoms with E-state index in [1.54, 1.807) is 7.11 Å². The van der Waals surface area contributed by atoms with E-state index in [4.69, 9.17) is 21.1 Å². The fourth-order valence-corrected chi connectivity index (χ4v) is 3.71. The molecule has 0 fully saturated rings. The summed E-state index contributed by atoms with van der Waals surface area (Å²) in [6.45, 7) is 3.09. The molecule has 0 radical (unpaired) electrons. The fourth-order valence-electron chi connectivity index (χ4n) is 2.66. The molecule has 0 atom stereocenters. The van der Waals surface area contributed by atoms with Crippen molar-refractivity contribution in [3.8, 4) is 11.5 Å². The van der Waals surface area contributed by atoms with Gasteiger partial charge in [-0.1, -0.05) is 45.7 Å². The molecule has 3 nitrogen and oxygen atoms in total. The Kier molecular flexibility index (Phi) is 7.27. The first-order valence-corrected chi connectivity index (χ1v) is 10.7. The fraction of sp³-hybridized carbons (Fsp3) is 0.182. The normalized spacial score (nSPS) is 10.6. The van der Waals surface area contributed by atoms with E-state index in [0.29, 0.717) is 24.7 Å². The van der Waals surface area contributed by atoms with E-state index in [1.807, 2.05) is 61.5 Å². The molecule has 1 N–H and O–H groups in total. The van der Waals surface area contributed by atoms with Crippen LogP contribution in [0.15, 0.2) is 63.5 Å². The van der Waals surface area contributed by atoms with Crippen molar-refractivity contribution >= 4 is 49.1 Å². The quantitative estimate of drug-likeness (QED) is 0.349. The third kappa shape index (κ3) is 5.43. The van der Waals surface area contributed by atoms with E-state index in [1.165, 1.54) is 0 Å². The standard InChI is InChI=1S/C22H20Br2ClNO2/c1-14-3-8-18(11-20(14)25)26-12-16-9-19(24)22(21(10-16)27-2)28-13-15-4-6-17(23)7-5-15/h3-11,26H,12-13H2,1-2H3. The van der Waals surface area contributed by atoms with E-state index in [0.717, 1.165) is 36.3 Å². The lowest BCUT2D eigenvalue weighted by molar-refractivity contribution is 0.282. The molecule has 0 aliphatic carbocycles. The van der Waals surface area contributed by atoms with E-state index in [2.05, 4.69) is 37.2 Å². The van der Waals surface area contributed by atoms with Gasteiger partial charge in [0.25, 0.3) is 0 Å². The molecule has 0 amide bonds. The number of methoxy groups -OCH3 is 1. The average molecular weight is 526 g/mol. The highest BCUT2D eigenvalue weighted by molar-refractivity contribution is 9.10. The molecule has 0 unspecified atom stereocenters. The average Bonchev–Trinajstić information content (AvgIpc) is 2.69. The molecule has 0 spiro atoms. The molecular formula is C22H20Br2ClNO2. The second-order valence-corrected chi connectivity index (χ2v) is 8.52. The Morgan fingerprint density at radius 1 is 0.964 bits per heavy atom. The van der Waals surface area contributed by atoms with Crippen LogP contribution in [0, 0.1) is 6.92 Å². The highest BCUT2D eigenvalue weighted by Crippen LogP contribution is 2.37. The van der Waals surface area contributed by atoms with E-state index >= 15 is 0 Å². The number of halogens is 3. The molecule has 0 saturated heterocycles.